The molecular weight excluding hydrogens is 1790 g/mol. The summed E-state index contributed by atoms with van der Waals surface area (Å²) >= 11 is 0. The van der Waals surface area contributed by atoms with Crippen LogP contribution in [0.5, 0.6) is 0 Å². The van der Waals surface area contributed by atoms with E-state index in [1.54, 1.807) is 33.4 Å². The third-order valence-corrected chi connectivity index (χ3v) is 34.3. The number of hydrogen-bond acceptors (Lipinski definition) is 5. The normalized spacial score (nSPS) is 11.8. The lowest BCUT2D eigenvalue weighted by molar-refractivity contribution is 0.523. The molecule has 4 rings (SSSR count). The molecule has 0 fully saturated rings. The zero-order valence-electron chi connectivity index (χ0n) is 101. The molecule has 0 atom stereocenters. The maximum absolute atomic E-state index is 5.56. The Hall–Kier alpha value is -3.73. The fourth-order valence-electron chi connectivity index (χ4n) is 24.2. The Morgan fingerprint density at radius 2 is 0.297 bits per heavy atom. The van der Waals surface area contributed by atoms with Gasteiger partial charge < -0.3 is 10.6 Å². The van der Waals surface area contributed by atoms with Crippen molar-refractivity contribution in [2.45, 2.75) is 780 Å². The molecule has 4 aromatic rings. The van der Waals surface area contributed by atoms with E-state index < -0.39 is 0 Å². The molecule has 0 aliphatic rings. The molecule has 1 aromatic heterocycles. The quantitative estimate of drug-likeness (QED) is 0.0431. The summed E-state index contributed by atoms with van der Waals surface area (Å²) in [5.74, 6) is 2.02. The smallest absolute Gasteiger partial charge is 0.232 e. The van der Waals surface area contributed by atoms with Gasteiger partial charge in [-0.15, -0.1) is 0 Å². The second kappa shape index (κ2) is 109. The standard InChI is InChI=1S/C143H260N5/c1-8-15-21-27-33-39-45-51-57-63-69-75-81-87-93-99-105-111-117-133-127-137(128-134(118-112-106-100-94-88-82-76-70-64-58-52-46-40-34-28-22-16-9-2)139(133)121-115-109-103-97-91-85-79-73-67-61-55-49-43-37-31-25-19-12-5)144-142-146-141(132-125-123-131(14-7)124-126-132)147-143(148-142)145-138-129-135(119-113-107-101-95-89-83-77-71-65-59-53-47-41-35-29-23-17-10-3)140(122-116-110-104-98-92-86-80-74-68-62-56-50-44-38-32-26-20-13-6)136(130-138)120-114-108-102-96-90-84-78-72-66-60-54-48-42-36-30-24-18-11-4/h123-130H,7-122H2,1-6H3,(H2,144,145,146,147,148). The molecule has 0 amide bonds. The molecule has 0 saturated heterocycles. The number of rotatable bonds is 120. The van der Waals surface area contributed by atoms with Crippen molar-refractivity contribution in [2.24, 2.45) is 0 Å². The number of hydrogen-bond donors (Lipinski definition) is 2. The Labute approximate surface area is 928 Å². The minimum atomic E-state index is 0.645. The van der Waals surface area contributed by atoms with Crippen LogP contribution < -0.4 is 10.6 Å². The summed E-state index contributed by atoms with van der Waals surface area (Å²) in [5.41, 5.74) is 14.3. The first-order valence-electron chi connectivity index (χ1n) is 68.9. The lowest BCUT2D eigenvalue weighted by atomic mass is 9.89. The van der Waals surface area contributed by atoms with Crippen LogP contribution in [-0.4, -0.2) is 15.0 Å². The van der Waals surface area contributed by atoms with Crippen molar-refractivity contribution in [1.82, 2.24) is 15.0 Å². The molecule has 5 heteroatoms. The van der Waals surface area contributed by atoms with E-state index in [1.165, 1.54) is 712 Å². The van der Waals surface area contributed by atoms with Crippen molar-refractivity contribution < 1.29 is 0 Å². The van der Waals surface area contributed by atoms with Crippen LogP contribution in [0.3, 0.4) is 0 Å². The van der Waals surface area contributed by atoms with Gasteiger partial charge in [0.2, 0.25) is 11.9 Å². The zero-order valence-corrected chi connectivity index (χ0v) is 101. The molecule has 1 radical (unpaired) electrons. The third kappa shape index (κ3) is 83.6. The average molecular weight is 2050 g/mol. The van der Waals surface area contributed by atoms with Crippen LogP contribution in [0.4, 0.5) is 23.3 Å². The van der Waals surface area contributed by atoms with Crippen LogP contribution in [0.1, 0.15) is 774 Å². The van der Waals surface area contributed by atoms with Gasteiger partial charge in [0, 0.05) is 16.9 Å². The summed E-state index contributed by atoms with van der Waals surface area (Å²) in [4.78, 5) is 16.5. The van der Waals surface area contributed by atoms with Crippen molar-refractivity contribution in [2.75, 3.05) is 10.6 Å². The van der Waals surface area contributed by atoms with Crippen molar-refractivity contribution in [3.63, 3.8) is 0 Å². The molecule has 5 nitrogen and oxygen atoms in total. The minimum Gasteiger partial charge on any atom is -0.324 e. The predicted molar refractivity (Wildman–Crippen MR) is 669 cm³/mol. The topological polar surface area (TPSA) is 62.7 Å². The molecular formula is C143H260N5. The number of benzene rings is 3. The Kier molecular flexibility index (Phi) is 100. The molecule has 2 N–H and O–H groups in total. The Morgan fingerprint density at radius 1 is 0.162 bits per heavy atom. The summed E-state index contributed by atoms with van der Waals surface area (Å²) in [6.07, 6.45) is 161. The number of nitrogens with one attached hydrogen (secondary N) is 2. The van der Waals surface area contributed by atoms with E-state index in [0.29, 0.717) is 11.9 Å². The molecule has 0 aliphatic carbocycles. The first-order chi connectivity index (χ1) is 73.5. The van der Waals surface area contributed by atoms with Gasteiger partial charge in [0.05, 0.1) is 0 Å². The van der Waals surface area contributed by atoms with Crippen LogP contribution in [0.2, 0.25) is 0 Å². The number of unbranched alkanes of at least 4 members (excludes halogenated alkanes) is 102. The fourth-order valence-corrected chi connectivity index (χ4v) is 24.2. The number of anilines is 4. The van der Waals surface area contributed by atoms with Crippen LogP contribution in [0.25, 0.3) is 11.4 Å². The van der Waals surface area contributed by atoms with E-state index in [-0.39, 0.29) is 0 Å². The van der Waals surface area contributed by atoms with Gasteiger partial charge in [-0.2, -0.15) is 15.0 Å². The first-order valence-corrected chi connectivity index (χ1v) is 68.9. The van der Waals surface area contributed by atoms with Gasteiger partial charge in [-0.1, -0.05) is 721 Å². The zero-order chi connectivity index (χ0) is 105. The SMILES string of the molecule is [CH2]Cc1ccc(-c2nc(Nc3cc(CCCCCCCCCCCCCCCCCCCC)c(CCCCCCCCCCCCCCCCCCCC)c(CCCCCCCCCCCCCCCCCCCC)c3)nc(Nc3cc(CCCCCCCCCCCCCCCCCCCC)c(CCCCCCCCCCCCCCCCCCCC)c(CCCCCCCCCCCCCCCCCCCC)c3)n2)cc1. The molecule has 148 heavy (non-hydrogen) atoms. The summed E-state index contributed by atoms with van der Waals surface area (Å²) < 4.78 is 0. The molecule has 0 saturated carbocycles. The lowest BCUT2D eigenvalue weighted by Crippen LogP contribution is -2.09. The maximum atomic E-state index is 5.56. The Balaban J connectivity index is 1.69. The second-order valence-electron chi connectivity index (χ2n) is 48.6. The number of nitrogens with zero attached hydrogens (tertiary/aromatic N) is 3. The van der Waals surface area contributed by atoms with Gasteiger partial charge in [-0.05, 0) is 154 Å². The molecule has 0 aliphatic heterocycles. The fraction of sp³-hybridized carbons (Fsp3) is 0.846. The maximum Gasteiger partial charge on any atom is 0.232 e. The van der Waals surface area contributed by atoms with Gasteiger partial charge in [-0.3, -0.25) is 0 Å². The van der Waals surface area contributed by atoms with E-state index in [0.717, 1.165) is 54.9 Å². The summed E-state index contributed by atoms with van der Waals surface area (Å²) in [6.45, 7) is 18.3. The van der Waals surface area contributed by atoms with Crippen LogP contribution >= 0.6 is 0 Å². The van der Waals surface area contributed by atoms with Gasteiger partial charge >= 0.3 is 0 Å². The highest BCUT2D eigenvalue weighted by Gasteiger charge is 2.20. The Morgan fingerprint density at radius 3 is 0.439 bits per heavy atom. The van der Waals surface area contributed by atoms with Crippen molar-refractivity contribution in [3.05, 3.63) is 94.4 Å². The minimum absolute atomic E-state index is 0.645. The van der Waals surface area contributed by atoms with E-state index in [9.17, 15) is 0 Å². The molecule has 0 unspecified atom stereocenters. The lowest BCUT2D eigenvalue weighted by Gasteiger charge is -2.20. The number of aryl methyl sites for hydroxylation is 4. The molecule has 0 spiro atoms. The largest absolute Gasteiger partial charge is 0.324 e. The van der Waals surface area contributed by atoms with E-state index in [2.05, 4.69) is 108 Å². The highest BCUT2D eigenvalue weighted by atomic mass is 15.2. The average Bonchev–Trinajstić information content (AvgIpc) is 0.958. The second-order valence-corrected chi connectivity index (χ2v) is 48.6. The summed E-state index contributed by atoms with van der Waals surface area (Å²) in [5, 5.41) is 8.11. The van der Waals surface area contributed by atoms with Crippen molar-refractivity contribution in [3.8, 4) is 11.4 Å². The van der Waals surface area contributed by atoms with Crippen LogP contribution in [0.15, 0.2) is 48.5 Å². The van der Waals surface area contributed by atoms with E-state index in [4.69, 9.17) is 15.0 Å². The summed E-state index contributed by atoms with van der Waals surface area (Å²) in [7, 11) is 0. The van der Waals surface area contributed by atoms with Crippen LogP contribution in [0, 0.1) is 6.92 Å². The van der Waals surface area contributed by atoms with Gasteiger partial charge in [-0.25, -0.2) is 0 Å². The summed E-state index contributed by atoms with van der Waals surface area (Å²) in [6, 6.07) is 19.3. The highest BCUT2D eigenvalue weighted by molar-refractivity contribution is 5.66. The van der Waals surface area contributed by atoms with E-state index >= 15 is 0 Å². The van der Waals surface area contributed by atoms with Crippen molar-refractivity contribution >= 4 is 23.3 Å². The number of aromatic nitrogens is 3. The van der Waals surface area contributed by atoms with Crippen LogP contribution in [-0.2, 0) is 44.9 Å². The van der Waals surface area contributed by atoms with Gasteiger partial charge in [0.25, 0.3) is 0 Å². The van der Waals surface area contributed by atoms with E-state index in [1.807, 2.05) is 0 Å². The first kappa shape index (κ1) is 137. The molecule has 1 heterocycles. The predicted octanol–water partition coefficient (Wildman–Crippen LogP) is 50.9. The molecule has 3 aromatic carbocycles. The van der Waals surface area contributed by atoms with Gasteiger partial charge in [0.15, 0.2) is 5.82 Å². The highest BCUT2D eigenvalue weighted by Crippen LogP contribution is 2.35. The third-order valence-electron chi connectivity index (χ3n) is 34.3. The monoisotopic (exact) mass is 2050 g/mol. The van der Waals surface area contributed by atoms with Gasteiger partial charge in [0.1, 0.15) is 0 Å². The Bertz CT molecular complexity index is 3030. The molecule has 0 bridgehead atoms. The molecule has 857 valence electrons. The van der Waals surface area contributed by atoms with Crippen molar-refractivity contribution in [1.29, 1.82) is 0 Å².